The molecule has 1 fully saturated rings. The lowest BCUT2D eigenvalue weighted by Gasteiger charge is -2.31. The molecule has 4 nitrogen and oxygen atoms in total. The van der Waals surface area contributed by atoms with E-state index in [4.69, 9.17) is 16.3 Å². The van der Waals surface area contributed by atoms with Crippen LogP contribution in [0.15, 0.2) is 6.33 Å². The lowest BCUT2D eigenvalue weighted by Crippen LogP contribution is -2.37. The van der Waals surface area contributed by atoms with Crippen molar-refractivity contribution in [3.05, 3.63) is 11.9 Å². The molecular weight excluding hydrogens is 262 g/mol. The van der Waals surface area contributed by atoms with Crippen molar-refractivity contribution in [1.82, 2.24) is 9.97 Å². The fraction of sp³-hybridized carbons (Fsp3) is 0.714. The SMILES string of the molecule is CCOc1ncnc(N2CCCCCC2CCl)c1C. The number of aromatic nitrogens is 2. The van der Waals surface area contributed by atoms with E-state index in [0.29, 0.717) is 24.4 Å². The third-order valence-corrected chi connectivity index (χ3v) is 3.98. The molecule has 0 aliphatic carbocycles. The van der Waals surface area contributed by atoms with Gasteiger partial charge in [0.2, 0.25) is 5.88 Å². The van der Waals surface area contributed by atoms with Crippen molar-refractivity contribution >= 4 is 17.4 Å². The summed E-state index contributed by atoms with van der Waals surface area (Å²) < 4.78 is 5.56. The summed E-state index contributed by atoms with van der Waals surface area (Å²) >= 11 is 6.13. The lowest BCUT2D eigenvalue weighted by atomic mass is 10.1. The number of hydrogen-bond acceptors (Lipinski definition) is 4. The van der Waals surface area contributed by atoms with Crippen LogP contribution in [0, 0.1) is 6.92 Å². The van der Waals surface area contributed by atoms with E-state index in [-0.39, 0.29) is 0 Å². The van der Waals surface area contributed by atoms with E-state index in [0.717, 1.165) is 24.3 Å². The molecule has 0 amide bonds. The highest BCUT2D eigenvalue weighted by Crippen LogP contribution is 2.29. The van der Waals surface area contributed by atoms with Crippen molar-refractivity contribution < 1.29 is 4.74 Å². The van der Waals surface area contributed by atoms with Crippen LogP contribution in [0.3, 0.4) is 0 Å². The van der Waals surface area contributed by atoms with E-state index in [2.05, 4.69) is 14.9 Å². The Labute approximate surface area is 120 Å². The summed E-state index contributed by atoms with van der Waals surface area (Å²) in [5, 5.41) is 0. The van der Waals surface area contributed by atoms with Gasteiger partial charge in [-0.1, -0.05) is 12.8 Å². The van der Waals surface area contributed by atoms with Gasteiger partial charge in [-0.2, -0.15) is 0 Å². The maximum atomic E-state index is 6.13. The van der Waals surface area contributed by atoms with Crippen molar-refractivity contribution in [2.45, 2.75) is 45.6 Å². The summed E-state index contributed by atoms with van der Waals surface area (Å²) in [4.78, 5) is 11.0. The molecule has 106 valence electrons. The molecule has 0 spiro atoms. The maximum Gasteiger partial charge on any atom is 0.221 e. The number of alkyl halides is 1. The molecule has 0 bridgehead atoms. The quantitative estimate of drug-likeness (QED) is 0.796. The van der Waals surface area contributed by atoms with E-state index >= 15 is 0 Å². The average molecular weight is 284 g/mol. The minimum absolute atomic E-state index is 0.368. The maximum absolute atomic E-state index is 6.13. The molecule has 19 heavy (non-hydrogen) atoms. The molecule has 0 aromatic carbocycles. The highest BCUT2D eigenvalue weighted by atomic mass is 35.5. The Morgan fingerprint density at radius 2 is 2.21 bits per heavy atom. The number of ether oxygens (including phenoxy) is 1. The Morgan fingerprint density at radius 3 is 2.95 bits per heavy atom. The van der Waals surface area contributed by atoms with Gasteiger partial charge < -0.3 is 9.64 Å². The van der Waals surface area contributed by atoms with E-state index in [1.807, 2.05) is 13.8 Å². The second-order valence-corrected chi connectivity index (χ2v) is 5.22. The first-order chi connectivity index (χ1) is 9.27. The van der Waals surface area contributed by atoms with Crippen LogP contribution in [-0.4, -0.2) is 35.0 Å². The molecule has 0 N–H and O–H groups in total. The highest BCUT2D eigenvalue weighted by molar-refractivity contribution is 6.18. The Hall–Kier alpha value is -1.03. The van der Waals surface area contributed by atoms with Crippen LogP contribution >= 0.6 is 11.6 Å². The Kier molecular flexibility index (Phi) is 5.25. The molecule has 2 heterocycles. The van der Waals surface area contributed by atoms with Gasteiger partial charge in [0.1, 0.15) is 12.1 Å². The first kappa shape index (κ1) is 14.4. The molecule has 1 aliphatic heterocycles. The predicted octanol–water partition coefficient (Wildman–Crippen LogP) is 3.17. The second kappa shape index (κ2) is 6.94. The van der Waals surface area contributed by atoms with Crippen LogP contribution in [-0.2, 0) is 0 Å². The van der Waals surface area contributed by atoms with Gasteiger partial charge in [0.15, 0.2) is 0 Å². The zero-order valence-electron chi connectivity index (χ0n) is 11.7. The zero-order chi connectivity index (χ0) is 13.7. The second-order valence-electron chi connectivity index (χ2n) is 4.91. The van der Waals surface area contributed by atoms with Gasteiger partial charge in [0.25, 0.3) is 0 Å². The molecule has 5 heteroatoms. The first-order valence-corrected chi connectivity index (χ1v) is 7.58. The molecule has 1 saturated heterocycles. The largest absolute Gasteiger partial charge is 0.478 e. The molecule has 1 aromatic heterocycles. The molecule has 2 rings (SSSR count). The highest BCUT2D eigenvalue weighted by Gasteiger charge is 2.24. The zero-order valence-corrected chi connectivity index (χ0v) is 12.5. The molecule has 1 atom stereocenters. The van der Waals surface area contributed by atoms with E-state index < -0.39 is 0 Å². The Morgan fingerprint density at radius 1 is 1.37 bits per heavy atom. The van der Waals surface area contributed by atoms with Crippen LogP contribution in [0.4, 0.5) is 5.82 Å². The van der Waals surface area contributed by atoms with Crippen LogP contribution in [0.2, 0.25) is 0 Å². The van der Waals surface area contributed by atoms with Gasteiger partial charge in [-0.05, 0) is 26.7 Å². The topological polar surface area (TPSA) is 38.3 Å². The summed E-state index contributed by atoms with van der Waals surface area (Å²) in [5.74, 6) is 2.31. The molecule has 1 aliphatic rings. The van der Waals surface area contributed by atoms with Gasteiger partial charge >= 0.3 is 0 Å². The van der Waals surface area contributed by atoms with Crippen LogP contribution in [0.1, 0.15) is 38.2 Å². The molecule has 1 aromatic rings. The minimum atomic E-state index is 0.368. The van der Waals surface area contributed by atoms with Gasteiger partial charge in [0.05, 0.1) is 12.2 Å². The monoisotopic (exact) mass is 283 g/mol. The smallest absolute Gasteiger partial charge is 0.221 e. The van der Waals surface area contributed by atoms with Gasteiger partial charge in [-0.15, -0.1) is 11.6 Å². The normalized spacial score (nSPS) is 20.2. The minimum Gasteiger partial charge on any atom is -0.478 e. The van der Waals surface area contributed by atoms with Gasteiger partial charge in [-0.25, -0.2) is 9.97 Å². The Balaban J connectivity index is 2.30. The fourth-order valence-corrected chi connectivity index (χ4v) is 2.93. The van der Waals surface area contributed by atoms with Crippen molar-refractivity contribution in [3.63, 3.8) is 0 Å². The Bertz CT molecular complexity index is 414. The van der Waals surface area contributed by atoms with Crippen LogP contribution in [0.25, 0.3) is 0 Å². The molecule has 0 saturated carbocycles. The summed E-state index contributed by atoms with van der Waals surface area (Å²) in [5.41, 5.74) is 1.02. The third-order valence-electron chi connectivity index (χ3n) is 3.62. The number of nitrogens with zero attached hydrogens (tertiary/aromatic N) is 3. The molecule has 0 radical (unpaired) electrons. The molecular formula is C14H22ClN3O. The van der Waals surface area contributed by atoms with Crippen LogP contribution in [0.5, 0.6) is 5.88 Å². The van der Waals surface area contributed by atoms with Crippen LogP contribution < -0.4 is 9.64 Å². The van der Waals surface area contributed by atoms with Crippen molar-refractivity contribution in [1.29, 1.82) is 0 Å². The first-order valence-electron chi connectivity index (χ1n) is 7.05. The predicted molar refractivity (Wildman–Crippen MR) is 78.3 cm³/mol. The standard InChI is InChI=1S/C14H22ClN3O/c1-3-19-14-11(2)13(16-10-17-14)18-8-6-4-5-7-12(18)9-15/h10,12H,3-9H2,1-2H3. The summed E-state index contributed by atoms with van der Waals surface area (Å²) in [6, 6.07) is 0.368. The number of rotatable bonds is 4. The van der Waals surface area contributed by atoms with E-state index in [1.165, 1.54) is 19.3 Å². The summed E-state index contributed by atoms with van der Waals surface area (Å²) in [6.07, 6.45) is 6.43. The number of hydrogen-bond donors (Lipinski definition) is 0. The van der Waals surface area contributed by atoms with Crippen molar-refractivity contribution in [2.24, 2.45) is 0 Å². The van der Waals surface area contributed by atoms with E-state index in [9.17, 15) is 0 Å². The number of anilines is 1. The average Bonchev–Trinajstić information content (AvgIpc) is 2.66. The number of halogens is 1. The van der Waals surface area contributed by atoms with E-state index in [1.54, 1.807) is 6.33 Å². The van der Waals surface area contributed by atoms with Crippen molar-refractivity contribution in [2.75, 3.05) is 23.9 Å². The fourth-order valence-electron chi connectivity index (χ4n) is 2.61. The molecule has 1 unspecified atom stereocenters. The lowest BCUT2D eigenvalue weighted by molar-refractivity contribution is 0.323. The van der Waals surface area contributed by atoms with Crippen molar-refractivity contribution in [3.8, 4) is 5.88 Å². The van der Waals surface area contributed by atoms with Gasteiger partial charge in [0, 0.05) is 18.5 Å². The summed E-state index contributed by atoms with van der Waals surface area (Å²) in [7, 11) is 0. The van der Waals surface area contributed by atoms with Gasteiger partial charge in [-0.3, -0.25) is 0 Å². The summed E-state index contributed by atoms with van der Waals surface area (Å²) in [6.45, 7) is 5.63. The third kappa shape index (κ3) is 3.30.